The van der Waals surface area contributed by atoms with Crippen molar-refractivity contribution < 1.29 is 17.9 Å². The van der Waals surface area contributed by atoms with Gasteiger partial charge in [0, 0.05) is 19.2 Å². The van der Waals surface area contributed by atoms with Crippen LogP contribution in [0.15, 0.2) is 41.4 Å². The Morgan fingerprint density at radius 1 is 1.24 bits per heavy atom. The molecule has 0 saturated carbocycles. The number of anilines is 1. The minimum atomic E-state index is -3.66. The quantitative estimate of drug-likeness (QED) is 0.784. The molecule has 7 nitrogen and oxygen atoms in total. The van der Waals surface area contributed by atoms with Crippen molar-refractivity contribution in [1.82, 2.24) is 9.71 Å². The summed E-state index contributed by atoms with van der Waals surface area (Å²) in [6.45, 7) is 3.62. The van der Waals surface area contributed by atoms with Gasteiger partial charge in [0.1, 0.15) is 0 Å². The number of nitrogens with zero attached hydrogens (tertiary/aromatic N) is 1. The van der Waals surface area contributed by atoms with Crippen LogP contribution in [0.4, 0.5) is 5.82 Å². The molecule has 0 radical (unpaired) electrons. The van der Waals surface area contributed by atoms with Crippen LogP contribution in [0.3, 0.4) is 0 Å². The molecule has 0 aliphatic rings. The molecule has 0 spiro atoms. The molecule has 1 aromatic carbocycles. The van der Waals surface area contributed by atoms with Gasteiger partial charge in [-0.1, -0.05) is 17.7 Å². The van der Waals surface area contributed by atoms with Gasteiger partial charge in [-0.25, -0.2) is 18.1 Å². The second-order valence-electron chi connectivity index (χ2n) is 5.52. The zero-order chi connectivity index (χ0) is 18.4. The SMILES string of the molecule is COc1cccnc1NC(=O)CCNS(=O)(=O)c1ccc(C)cc1C. The highest BCUT2D eigenvalue weighted by molar-refractivity contribution is 7.89. The maximum absolute atomic E-state index is 12.3. The van der Waals surface area contributed by atoms with E-state index in [2.05, 4.69) is 15.0 Å². The van der Waals surface area contributed by atoms with E-state index in [0.717, 1.165) is 5.56 Å². The first-order valence-electron chi connectivity index (χ1n) is 7.69. The fourth-order valence-electron chi connectivity index (χ4n) is 2.32. The van der Waals surface area contributed by atoms with E-state index < -0.39 is 10.0 Å². The number of hydrogen-bond donors (Lipinski definition) is 2. The first-order valence-corrected chi connectivity index (χ1v) is 9.17. The summed E-state index contributed by atoms with van der Waals surface area (Å²) < 4.78 is 32.2. The predicted octanol–water partition coefficient (Wildman–Crippen LogP) is 2.01. The number of carbonyl (C=O) groups excluding carboxylic acids is 1. The lowest BCUT2D eigenvalue weighted by Crippen LogP contribution is -2.28. The Bertz CT molecular complexity index is 866. The average molecular weight is 363 g/mol. The lowest BCUT2D eigenvalue weighted by atomic mass is 10.2. The normalized spacial score (nSPS) is 11.2. The van der Waals surface area contributed by atoms with Crippen LogP contribution in [0.2, 0.25) is 0 Å². The highest BCUT2D eigenvalue weighted by Crippen LogP contribution is 2.20. The summed E-state index contributed by atoms with van der Waals surface area (Å²) in [6.07, 6.45) is 1.50. The van der Waals surface area contributed by atoms with Gasteiger partial charge in [0.05, 0.1) is 12.0 Å². The van der Waals surface area contributed by atoms with E-state index in [0.29, 0.717) is 17.1 Å². The topological polar surface area (TPSA) is 97.4 Å². The molecule has 0 fully saturated rings. The summed E-state index contributed by atoms with van der Waals surface area (Å²) in [7, 11) is -2.18. The van der Waals surface area contributed by atoms with E-state index in [1.54, 1.807) is 37.3 Å². The van der Waals surface area contributed by atoms with Crippen molar-refractivity contribution in [1.29, 1.82) is 0 Å². The van der Waals surface area contributed by atoms with Crippen molar-refractivity contribution in [3.05, 3.63) is 47.7 Å². The minimum Gasteiger partial charge on any atom is -0.493 e. The second kappa shape index (κ2) is 8.09. The van der Waals surface area contributed by atoms with E-state index in [1.165, 1.54) is 13.3 Å². The zero-order valence-corrected chi connectivity index (χ0v) is 15.2. The standard InChI is InChI=1S/C17H21N3O4S/c1-12-6-7-15(13(2)11-12)25(22,23)19-10-8-16(21)20-17-14(24-3)5-4-9-18-17/h4-7,9,11,19H,8,10H2,1-3H3,(H,18,20,21). The van der Waals surface area contributed by atoms with Crippen LogP contribution >= 0.6 is 0 Å². The van der Waals surface area contributed by atoms with Gasteiger partial charge >= 0.3 is 0 Å². The molecule has 8 heteroatoms. The Morgan fingerprint density at radius 2 is 2.00 bits per heavy atom. The molecule has 0 aliphatic heterocycles. The number of rotatable bonds is 7. The van der Waals surface area contributed by atoms with Gasteiger partial charge in [0.15, 0.2) is 11.6 Å². The zero-order valence-electron chi connectivity index (χ0n) is 14.4. The molecule has 25 heavy (non-hydrogen) atoms. The Hall–Kier alpha value is -2.45. The molecule has 2 N–H and O–H groups in total. The van der Waals surface area contributed by atoms with E-state index in [9.17, 15) is 13.2 Å². The maximum atomic E-state index is 12.3. The molecule has 0 saturated heterocycles. The van der Waals surface area contributed by atoms with Gasteiger partial charge in [-0.05, 0) is 37.6 Å². The summed E-state index contributed by atoms with van der Waals surface area (Å²) in [5.41, 5.74) is 1.65. The van der Waals surface area contributed by atoms with E-state index in [4.69, 9.17) is 4.74 Å². The van der Waals surface area contributed by atoms with Crippen molar-refractivity contribution >= 4 is 21.7 Å². The van der Waals surface area contributed by atoms with Crippen LogP contribution in [-0.4, -0.2) is 33.0 Å². The second-order valence-corrected chi connectivity index (χ2v) is 7.25. The predicted molar refractivity (Wildman–Crippen MR) is 95.1 cm³/mol. The number of aromatic nitrogens is 1. The van der Waals surface area contributed by atoms with E-state index >= 15 is 0 Å². The Kier molecular flexibility index (Phi) is 6.11. The fraction of sp³-hybridized carbons (Fsp3) is 0.294. The Labute approximate surface area is 147 Å². The van der Waals surface area contributed by atoms with E-state index in [-0.39, 0.29) is 23.8 Å². The molecule has 134 valence electrons. The van der Waals surface area contributed by atoms with Gasteiger partial charge in [-0.15, -0.1) is 0 Å². The largest absolute Gasteiger partial charge is 0.493 e. The highest BCUT2D eigenvalue weighted by atomic mass is 32.2. The molecular weight excluding hydrogens is 342 g/mol. The number of hydrogen-bond acceptors (Lipinski definition) is 5. The van der Waals surface area contributed by atoms with Gasteiger partial charge < -0.3 is 10.1 Å². The molecule has 0 bridgehead atoms. The molecular formula is C17H21N3O4S. The molecule has 2 aromatic rings. The number of benzene rings is 1. The molecule has 0 atom stereocenters. The van der Waals surface area contributed by atoms with Gasteiger partial charge in [-0.3, -0.25) is 4.79 Å². The average Bonchev–Trinajstić information content (AvgIpc) is 2.54. The number of carbonyl (C=O) groups is 1. The number of nitrogens with one attached hydrogen (secondary N) is 2. The number of ether oxygens (including phenoxy) is 1. The molecule has 0 aliphatic carbocycles. The third kappa shape index (κ3) is 5.01. The molecule has 1 amide bonds. The lowest BCUT2D eigenvalue weighted by Gasteiger charge is -2.11. The monoisotopic (exact) mass is 363 g/mol. The summed E-state index contributed by atoms with van der Waals surface area (Å²) in [5, 5.41) is 2.60. The van der Waals surface area contributed by atoms with E-state index in [1.807, 2.05) is 6.92 Å². The first-order chi connectivity index (χ1) is 11.8. The van der Waals surface area contributed by atoms with Crippen LogP contribution in [-0.2, 0) is 14.8 Å². The number of methoxy groups -OCH3 is 1. The number of sulfonamides is 1. The van der Waals surface area contributed by atoms with Gasteiger partial charge in [0.2, 0.25) is 15.9 Å². The molecule has 0 unspecified atom stereocenters. The molecule has 2 rings (SSSR count). The number of amides is 1. The molecule has 1 aromatic heterocycles. The minimum absolute atomic E-state index is 0.0172. The van der Waals surface area contributed by atoms with Crippen LogP contribution in [0.1, 0.15) is 17.5 Å². The number of pyridine rings is 1. The van der Waals surface area contributed by atoms with Crippen molar-refractivity contribution in [3.63, 3.8) is 0 Å². The van der Waals surface area contributed by atoms with Crippen molar-refractivity contribution in [2.75, 3.05) is 19.0 Å². The van der Waals surface area contributed by atoms with Gasteiger partial charge in [0.25, 0.3) is 0 Å². The van der Waals surface area contributed by atoms with Crippen LogP contribution in [0, 0.1) is 13.8 Å². The Morgan fingerprint density at radius 3 is 2.68 bits per heavy atom. The summed E-state index contributed by atoms with van der Waals surface area (Å²) in [6, 6.07) is 8.46. The molecule has 1 heterocycles. The summed E-state index contributed by atoms with van der Waals surface area (Å²) >= 11 is 0. The highest BCUT2D eigenvalue weighted by Gasteiger charge is 2.17. The van der Waals surface area contributed by atoms with Crippen molar-refractivity contribution in [2.45, 2.75) is 25.2 Å². The van der Waals surface area contributed by atoms with Crippen LogP contribution in [0.25, 0.3) is 0 Å². The summed E-state index contributed by atoms with van der Waals surface area (Å²) in [4.78, 5) is 16.2. The van der Waals surface area contributed by atoms with Crippen LogP contribution < -0.4 is 14.8 Å². The van der Waals surface area contributed by atoms with Crippen molar-refractivity contribution in [2.24, 2.45) is 0 Å². The first kappa shape index (κ1) is 18.9. The lowest BCUT2D eigenvalue weighted by molar-refractivity contribution is -0.116. The van der Waals surface area contributed by atoms with Crippen LogP contribution in [0.5, 0.6) is 5.75 Å². The third-order valence-electron chi connectivity index (χ3n) is 3.51. The van der Waals surface area contributed by atoms with Gasteiger partial charge in [-0.2, -0.15) is 0 Å². The smallest absolute Gasteiger partial charge is 0.240 e. The fourth-order valence-corrected chi connectivity index (χ4v) is 3.58. The number of aryl methyl sites for hydroxylation is 2. The maximum Gasteiger partial charge on any atom is 0.240 e. The van der Waals surface area contributed by atoms with Crippen molar-refractivity contribution in [3.8, 4) is 5.75 Å². The Balaban J connectivity index is 1.94. The third-order valence-corrected chi connectivity index (χ3v) is 5.13. The summed E-state index contributed by atoms with van der Waals surface area (Å²) in [5.74, 6) is 0.374.